The Labute approximate surface area is 155 Å². The maximum atomic E-state index is 12.6. The Morgan fingerprint density at radius 3 is 2.85 bits per heavy atom. The highest BCUT2D eigenvalue weighted by atomic mass is 19.3. The number of rotatable bonds is 6. The zero-order chi connectivity index (χ0) is 19.6. The van der Waals surface area contributed by atoms with Gasteiger partial charge in [0.2, 0.25) is 0 Å². The fraction of sp³-hybridized carbons (Fsp3) is 0.556. The standard InChI is InChI=1S/C18H22F2N2O5/c1-26-13-4-5-14(27-16(19)20)11(7-13)8-21-17(25)22-9-12-3-2-6-18(12,10-22)15(23)24/h4-5,7,12,16H,2-3,6,8-10H2,1H3,(H,21,25)(H,23,24)/t12-,18+/m0/s1. The van der Waals surface area contributed by atoms with E-state index in [2.05, 4.69) is 10.1 Å². The van der Waals surface area contributed by atoms with Crippen LogP contribution in [0.1, 0.15) is 24.8 Å². The summed E-state index contributed by atoms with van der Waals surface area (Å²) in [5, 5.41) is 12.3. The van der Waals surface area contributed by atoms with E-state index in [0.717, 1.165) is 12.8 Å². The molecule has 2 fully saturated rings. The largest absolute Gasteiger partial charge is 0.497 e. The minimum Gasteiger partial charge on any atom is -0.497 e. The molecule has 1 saturated heterocycles. The molecule has 1 aromatic carbocycles. The lowest BCUT2D eigenvalue weighted by molar-refractivity contribution is -0.149. The molecule has 1 saturated carbocycles. The van der Waals surface area contributed by atoms with Gasteiger partial charge in [0.25, 0.3) is 0 Å². The number of nitrogens with zero attached hydrogens (tertiary/aromatic N) is 1. The number of carboxylic acids is 1. The number of ether oxygens (including phenoxy) is 2. The number of alkyl halides is 2. The first-order chi connectivity index (χ1) is 12.9. The summed E-state index contributed by atoms with van der Waals surface area (Å²) in [6.45, 7) is -2.48. The second kappa shape index (κ2) is 7.58. The van der Waals surface area contributed by atoms with Crippen molar-refractivity contribution >= 4 is 12.0 Å². The van der Waals surface area contributed by atoms with E-state index in [9.17, 15) is 23.5 Å². The number of carbonyl (C=O) groups excluding carboxylic acids is 1. The molecule has 2 amide bonds. The number of likely N-dealkylation sites (tertiary alicyclic amines) is 1. The predicted molar refractivity (Wildman–Crippen MR) is 90.8 cm³/mol. The van der Waals surface area contributed by atoms with Crippen molar-refractivity contribution in [2.75, 3.05) is 20.2 Å². The number of hydrogen-bond donors (Lipinski definition) is 2. The van der Waals surface area contributed by atoms with E-state index in [-0.39, 0.29) is 24.8 Å². The predicted octanol–water partition coefficient (Wildman–Crippen LogP) is 2.69. The molecule has 148 valence electrons. The second-order valence-electron chi connectivity index (χ2n) is 6.94. The molecular weight excluding hydrogens is 362 g/mol. The van der Waals surface area contributed by atoms with Gasteiger partial charge in [-0.25, -0.2) is 4.79 Å². The third-order valence-electron chi connectivity index (χ3n) is 5.50. The first-order valence-electron chi connectivity index (χ1n) is 8.73. The van der Waals surface area contributed by atoms with Crippen molar-refractivity contribution in [2.24, 2.45) is 11.3 Å². The Bertz CT molecular complexity index is 730. The molecule has 0 unspecified atom stereocenters. The van der Waals surface area contributed by atoms with Crippen molar-refractivity contribution in [3.63, 3.8) is 0 Å². The number of urea groups is 1. The molecule has 1 aliphatic carbocycles. The quantitative estimate of drug-likeness (QED) is 0.787. The number of carboxylic acid groups (broad SMARTS) is 1. The average Bonchev–Trinajstić information content (AvgIpc) is 3.18. The highest BCUT2D eigenvalue weighted by Gasteiger charge is 2.55. The van der Waals surface area contributed by atoms with E-state index in [0.29, 0.717) is 24.3 Å². The Morgan fingerprint density at radius 2 is 2.22 bits per heavy atom. The summed E-state index contributed by atoms with van der Waals surface area (Å²) < 4.78 is 34.7. The number of nitrogens with one attached hydrogen (secondary N) is 1. The normalized spacial score (nSPS) is 24.0. The Balaban J connectivity index is 1.67. The monoisotopic (exact) mass is 384 g/mol. The Hall–Kier alpha value is -2.58. The van der Waals surface area contributed by atoms with Gasteiger partial charge in [-0.3, -0.25) is 4.79 Å². The topological polar surface area (TPSA) is 88.1 Å². The van der Waals surface area contributed by atoms with Gasteiger partial charge in [0.05, 0.1) is 12.5 Å². The van der Waals surface area contributed by atoms with Crippen molar-refractivity contribution in [3.05, 3.63) is 23.8 Å². The maximum absolute atomic E-state index is 12.6. The summed E-state index contributed by atoms with van der Waals surface area (Å²) in [6, 6.07) is 3.93. The van der Waals surface area contributed by atoms with Crippen molar-refractivity contribution in [1.82, 2.24) is 10.2 Å². The molecule has 27 heavy (non-hydrogen) atoms. The SMILES string of the molecule is COc1ccc(OC(F)F)c(CNC(=O)N2C[C@@H]3CCC[C@@]3(C(=O)O)C2)c1. The van der Waals surface area contributed by atoms with Gasteiger partial charge in [-0.2, -0.15) is 8.78 Å². The van der Waals surface area contributed by atoms with Crippen molar-refractivity contribution < 1.29 is 33.0 Å². The second-order valence-corrected chi connectivity index (χ2v) is 6.94. The zero-order valence-corrected chi connectivity index (χ0v) is 14.9. The molecule has 0 bridgehead atoms. The Kier molecular flexibility index (Phi) is 5.38. The van der Waals surface area contributed by atoms with Crippen molar-refractivity contribution in [2.45, 2.75) is 32.4 Å². The number of benzene rings is 1. The van der Waals surface area contributed by atoms with E-state index in [1.54, 1.807) is 0 Å². The van der Waals surface area contributed by atoms with Gasteiger partial charge < -0.3 is 24.8 Å². The van der Waals surface area contributed by atoms with Crippen LogP contribution in [0.4, 0.5) is 13.6 Å². The van der Waals surface area contributed by atoms with E-state index >= 15 is 0 Å². The molecule has 9 heteroatoms. The van der Waals surface area contributed by atoms with Crippen LogP contribution in [0.15, 0.2) is 18.2 Å². The van der Waals surface area contributed by atoms with Crippen LogP contribution in [-0.4, -0.2) is 48.8 Å². The lowest BCUT2D eigenvalue weighted by atomic mass is 9.81. The third kappa shape index (κ3) is 3.77. The molecule has 3 rings (SSSR count). The molecule has 2 aliphatic rings. The number of hydrogen-bond acceptors (Lipinski definition) is 4. The lowest BCUT2D eigenvalue weighted by Gasteiger charge is -2.23. The number of carbonyl (C=O) groups is 2. The van der Waals surface area contributed by atoms with Gasteiger partial charge in [0, 0.05) is 25.2 Å². The van der Waals surface area contributed by atoms with Crippen LogP contribution in [0.25, 0.3) is 0 Å². The summed E-state index contributed by atoms with van der Waals surface area (Å²) in [5.74, 6) is -0.510. The minimum atomic E-state index is -2.98. The third-order valence-corrected chi connectivity index (χ3v) is 5.50. The van der Waals surface area contributed by atoms with Crippen molar-refractivity contribution in [3.8, 4) is 11.5 Å². The van der Waals surface area contributed by atoms with Crippen LogP contribution in [0.2, 0.25) is 0 Å². The molecule has 0 radical (unpaired) electrons. The van der Waals surface area contributed by atoms with Gasteiger partial charge in [-0.1, -0.05) is 6.42 Å². The number of halogens is 2. The molecular formula is C18H22F2N2O5. The van der Waals surface area contributed by atoms with E-state index < -0.39 is 24.0 Å². The minimum absolute atomic E-state index is 0.0423. The van der Waals surface area contributed by atoms with Gasteiger partial charge in [0.15, 0.2) is 0 Å². The molecule has 1 aliphatic heterocycles. The van der Waals surface area contributed by atoms with Crippen LogP contribution >= 0.6 is 0 Å². The summed E-state index contributed by atoms with van der Waals surface area (Å²) in [7, 11) is 1.44. The number of aliphatic carboxylic acids is 1. The molecule has 1 heterocycles. The molecule has 2 atom stereocenters. The van der Waals surface area contributed by atoms with E-state index in [4.69, 9.17) is 4.74 Å². The fourth-order valence-corrected chi connectivity index (χ4v) is 4.11. The molecule has 0 aromatic heterocycles. The van der Waals surface area contributed by atoms with Crippen LogP contribution in [-0.2, 0) is 11.3 Å². The average molecular weight is 384 g/mol. The van der Waals surface area contributed by atoms with Gasteiger partial charge in [0.1, 0.15) is 11.5 Å². The first kappa shape index (κ1) is 19.2. The molecule has 0 spiro atoms. The summed E-state index contributed by atoms with van der Waals surface area (Å²) in [4.78, 5) is 25.7. The summed E-state index contributed by atoms with van der Waals surface area (Å²) in [5.41, 5.74) is -0.521. The van der Waals surface area contributed by atoms with Gasteiger partial charge in [-0.05, 0) is 37.0 Å². The van der Waals surface area contributed by atoms with Crippen molar-refractivity contribution in [1.29, 1.82) is 0 Å². The first-order valence-corrected chi connectivity index (χ1v) is 8.73. The van der Waals surface area contributed by atoms with Crippen LogP contribution in [0.5, 0.6) is 11.5 Å². The van der Waals surface area contributed by atoms with Crippen LogP contribution < -0.4 is 14.8 Å². The van der Waals surface area contributed by atoms with E-state index in [1.165, 1.54) is 30.2 Å². The smallest absolute Gasteiger partial charge is 0.387 e. The number of amides is 2. The highest BCUT2D eigenvalue weighted by molar-refractivity contribution is 5.80. The lowest BCUT2D eigenvalue weighted by Crippen LogP contribution is -2.41. The van der Waals surface area contributed by atoms with Gasteiger partial charge >= 0.3 is 18.6 Å². The number of fused-ring (bicyclic) bond motifs is 1. The van der Waals surface area contributed by atoms with E-state index in [1.807, 2.05) is 0 Å². The Morgan fingerprint density at radius 1 is 1.44 bits per heavy atom. The number of methoxy groups -OCH3 is 1. The summed E-state index contributed by atoms with van der Waals surface area (Å²) >= 11 is 0. The van der Waals surface area contributed by atoms with Crippen LogP contribution in [0, 0.1) is 11.3 Å². The van der Waals surface area contributed by atoms with Crippen LogP contribution in [0.3, 0.4) is 0 Å². The molecule has 7 nitrogen and oxygen atoms in total. The molecule has 2 N–H and O–H groups in total. The van der Waals surface area contributed by atoms with Gasteiger partial charge in [-0.15, -0.1) is 0 Å². The fourth-order valence-electron chi connectivity index (χ4n) is 4.11. The molecule has 1 aromatic rings. The summed E-state index contributed by atoms with van der Waals surface area (Å²) in [6.07, 6.45) is 2.21. The highest BCUT2D eigenvalue weighted by Crippen LogP contribution is 2.48. The maximum Gasteiger partial charge on any atom is 0.387 e. The zero-order valence-electron chi connectivity index (χ0n) is 14.9.